The van der Waals surface area contributed by atoms with Crippen molar-refractivity contribution in [3.05, 3.63) is 56.7 Å². The van der Waals surface area contributed by atoms with Gasteiger partial charge in [0.05, 0.1) is 36.0 Å². The zero-order valence-electron chi connectivity index (χ0n) is 17.1. The van der Waals surface area contributed by atoms with Crippen molar-refractivity contribution in [2.75, 3.05) is 19.8 Å². The summed E-state index contributed by atoms with van der Waals surface area (Å²) in [6.07, 6.45) is 0.00747. The number of aliphatic hydroxyl groups is 1. The van der Waals surface area contributed by atoms with Crippen molar-refractivity contribution >= 4 is 40.4 Å². The Morgan fingerprint density at radius 3 is 2.70 bits per heavy atom. The number of Topliss-reactive ketones (excluding diaryl/α,β-unsaturated/α-hetero) is 1. The average Bonchev–Trinajstić information content (AvgIpc) is 3.31. The zero-order valence-corrected chi connectivity index (χ0v) is 18.6. The van der Waals surface area contributed by atoms with Crippen LogP contribution in [0, 0.1) is 0 Å². The molecule has 0 saturated carbocycles. The van der Waals surface area contributed by atoms with Crippen LogP contribution in [0.4, 0.5) is 0 Å². The molecular weight excluding hydrogens is 426 g/mol. The zero-order chi connectivity index (χ0) is 21.8. The summed E-state index contributed by atoms with van der Waals surface area (Å²) in [6.45, 7) is 6.57. The molecule has 1 aromatic carbocycles. The summed E-state index contributed by atoms with van der Waals surface area (Å²) in [5, 5.41) is 13.3. The third kappa shape index (κ3) is 4.53. The highest BCUT2D eigenvalue weighted by Gasteiger charge is 2.46. The van der Waals surface area contributed by atoms with Crippen LogP contribution in [-0.2, 0) is 14.3 Å². The molecule has 1 aliphatic heterocycles. The molecule has 1 aliphatic rings. The van der Waals surface area contributed by atoms with Gasteiger partial charge in [0.15, 0.2) is 0 Å². The van der Waals surface area contributed by atoms with Crippen molar-refractivity contribution in [2.24, 2.45) is 0 Å². The molecule has 160 valence electrons. The maximum absolute atomic E-state index is 12.9. The molecule has 0 spiro atoms. The first kappa shape index (κ1) is 22.3. The smallest absolute Gasteiger partial charge is 0.295 e. The molecule has 6 nitrogen and oxygen atoms in total. The second-order valence-electron chi connectivity index (χ2n) is 7.01. The van der Waals surface area contributed by atoms with E-state index in [1.165, 1.54) is 16.2 Å². The van der Waals surface area contributed by atoms with Gasteiger partial charge in [-0.2, -0.15) is 0 Å². The number of amides is 1. The Balaban J connectivity index is 2.05. The summed E-state index contributed by atoms with van der Waals surface area (Å²) in [7, 11) is 0. The van der Waals surface area contributed by atoms with Gasteiger partial charge in [0.2, 0.25) is 0 Å². The van der Waals surface area contributed by atoms with E-state index in [9.17, 15) is 14.7 Å². The fourth-order valence-electron chi connectivity index (χ4n) is 3.31. The van der Waals surface area contributed by atoms with Crippen LogP contribution in [0.3, 0.4) is 0 Å². The molecule has 3 rings (SSSR count). The summed E-state index contributed by atoms with van der Waals surface area (Å²) < 4.78 is 11.1. The number of thiophene rings is 1. The minimum Gasteiger partial charge on any atom is -0.507 e. The van der Waals surface area contributed by atoms with Gasteiger partial charge in [-0.15, -0.1) is 11.3 Å². The van der Waals surface area contributed by atoms with E-state index >= 15 is 0 Å². The van der Waals surface area contributed by atoms with Crippen LogP contribution >= 0.6 is 22.9 Å². The van der Waals surface area contributed by atoms with Gasteiger partial charge < -0.3 is 19.5 Å². The monoisotopic (exact) mass is 449 g/mol. The fourth-order valence-corrected chi connectivity index (χ4v) is 4.33. The van der Waals surface area contributed by atoms with E-state index in [-0.39, 0.29) is 24.0 Å². The van der Waals surface area contributed by atoms with Crippen LogP contribution in [0.1, 0.15) is 37.3 Å². The molecule has 1 aromatic heterocycles. The largest absolute Gasteiger partial charge is 0.507 e. The molecule has 1 N–H and O–H groups in total. The summed E-state index contributed by atoms with van der Waals surface area (Å²) in [6, 6.07) is 7.78. The van der Waals surface area contributed by atoms with Gasteiger partial charge in [-0.3, -0.25) is 9.59 Å². The van der Waals surface area contributed by atoms with Crippen LogP contribution in [0.5, 0.6) is 5.75 Å². The normalized spacial score (nSPS) is 18.4. The lowest BCUT2D eigenvalue weighted by atomic mass is 9.99. The molecule has 0 bridgehead atoms. The van der Waals surface area contributed by atoms with E-state index in [0.717, 1.165) is 4.88 Å². The van der Waals surface area contributed by atoms with Crippen molar-refractivity contribution in [1.82, 2.24) is 4.90 Å². The van der Waals surface area contributed by atoms with Crippen LogP contribution in [-0.4, -0.2) is 47.6 Å². The highest BCUT2D eigenvalue weighted by atomic mass is 35.5. The highest BCUT2D eigenvalue weighted by molar-refractivity contribution is 7.10. The van der Waals surface area contributed by atoms with Crippen LogP contribution in [0.2, 0.25) is 5.02 Å². The lowest BCUT2D eigenvalue weighted by Gasteiger charge is -2.24. The Hall–Kier alpha value is -2.35. The molecule has 8 heteroatoms. The van der Waals surface area contributed by atoms with Gasteiger partial charge in [0, 0.05) is 17.0 Å². The highest BCUT2D eigenvalue weighted by Crippen LogP contribution is 2.41. The Morgan fingerprint density at radius 2 is 2.07 bits per heavy atom. The number of rotatable bonds is 8. The number of nitrogens with zero attached hydrogens (tertiary/aromatic N) is 1. The second kappa shape index (κ2) is 9.64. The van der Waals surface area contributed by atoms with Crippen molar-refractivity contribution in [3.63, 3.8) is 0 Å². The molecule has 1 fully saturated rings. The van der Waals surface area contributed by atoms with Crippen LogP contribution in [0.15, 0.2) is 41.3 Å². The minimum absolute atomic E-state index is 0.00747. The summed E-state index contributed by atoms with van der Waals surface area (Å²) in [5.74, 6) is -1.23. The SMILES string of the molecule is CCOc1cc(/C(O)=C2/C(=O)C(=O)N(CCOC(C)C)C2c2cccs2)ccc1Cl. The van der Waals surface area contributed by atoms with Crippen LogP contribution < -0.4 is 4.74 Å². The first-order chi connectivity index (χ1) is 14.3. The maximum Gasteiger partial charge on any atom is 0.295 e. The average molecular weight is 450 g/mol. The molecule has 2 aromatic rings. The maximum atomic E-state index is 12.9. The predicted octanol–water partition coefficient (Wildman–Crippen LogP) is 4.65. The minimum atomic E-state index is -0.719. The number of hydrogen-bond donors (Lipinski definition) is 1. The number of ketones is 1. The third-order valence-corrected chi connectivity index (χ3v) is 5.88. The first-order valence-corrected chi connectivity index (χ1v) is 11.0. The lowest BCUT2D eigenvalue weighted by molar-refractivity contribution is -0.140. The first-order valence-electron chi connectivity index (χ1n) is 9.71. The Labute approximate surface area is 184 Å². The molecule has 1 atom stereocenters. The van der Waals surface area contributed by atoms with Gasteiger partial charge in [0.25, 0.3) is 11.7 Å². The molecule has 1 amide bonds. The van der Waals surface area contributed by atoms with E-state index in [1.807, 2.05) is 38.3 Å². The van der Waals surface area contributed by atoms with Gasteiger partial charge in [0.1, 0.15) is 11.5 Å². The van der Waals surface area contributed by atoms with Gasteiger partial charge >= 0.3 is 0 Å². The van der Waals surface area contributed by atoms with E-state index in [1.54, 1.807) is 18.2 Å². The van der Waals surface area contributed by atoms with Crippen molar-refractivity contribution in [3.8, 4) is 5.75 Å². The number of benzene rings is 1. The number of ether oxygens (including phenoxy) is 2. The van der Waals surface area contributed by atoms with Crippen molar-refractivity contribution in [1.29, 1.82) is 0 Å². The molecule has 0 radical (unpaired) electrons. The number of hydrogen-bond acceptors (Lipinski definition) is 6. The number of halogens is 1. The molecule has 1 saturated heterocycles. The van der Waals surface area contributed by atoms with E-state index in [4.69, 9.17) is 21.1 Å². The molecule has 2 heterocycles. The third-order valence-electron chi connectivity index (χ3n) is 4.64. The Morgan fingerprint density at radius 1 is 1.30 bits per heavy atom. The predicted molar refractivity (Wildman–Crippen MR) is 117 cm³/mol. The fraction of sp³-hybridized carbons (Fsp3) is 0.364. The summed E-state index contributed by atoms with van der Waals surface area (Å²) >= 11 is 7.56. The second-order valence-corrected chi connectivity index (χ2v) is 8.39. The molecular formula is C22H24ClNO5S. The molecule has 1 unspecified atom stereocenters. The number of likely N-dealkylation sites (tertiary alicyclic amines) is 1. The van der Waals surface area contributed by atoms with Gasteiger partial charge in [-0.25, -0.2) is 0 Å². The Kier molecular flexibility index (Phi) is 7.18. The topological polar surface area (TPSA) is 76.1 Å². The quantitative estimate of drug-likeness (QED) is 0.360. The number of carbonyl (C=O) groups is 2. The van der Waals surface area contributed by atoms with Crippen molar-refractivity contribution in [2.45, 2.75) is 32.9 Å². The van der Waals surface area contributed by atoms with E-state index < -0.39 is 17.7 Å². The Bertz CT molecular complexity index is 954. The van der Waals surface area contributed by atoms with Crippen molar-refractivity contribution < 1.29 is 24.2 Å². The van der Waals surface area contributed by atoms with Gasteiger partial charge in [-0.05, 0) is 50.4 Å². The summed E-state index contributed by atoms with van der Waals surface area (Å²) in [5.41, 5.74) is 0.414. The van der Waals surface area contributed by atoms with E-state index in [0.29, 0.717) is 29.5 Å². The standard InChI is InChI=1S/C22H24ClNO5S/c1-4-28-16-12-14(7-8-15(16)23)20(25)18-19(17-6-5-11-30-17)24(22(27)21(18)26)9-10-29-13(2)3/h5-8,11-13,19,25H,4,9-10H2,1-3H3/b20-18-. The molecule has 0 aliphatic carbocycles. The van der Waals surface area contributed by atoms with Gasteiger partial charge in [-0.1, -0.05) is 17.7 Å². The lowest BCUT2D eigenvalue weighted by Crippen LogP contribution is -2.33. The molecule has 30 heavy (non-hydrogen) atoms. The number of aliphatic hydroxyl groups excluding tert-OH is 1. The number of carbonyl (C=O) groups excluding carboxylic acids is 2. The van der Waals surface area contributed by atoms with E-state index in [2.05, 4.69) is 0 Å². The summed E-state index contributed by atoms with van der Waals surface area (Å²) in [4.78, 5) is 27.9. The van der Waals surface area contributed by atoms with Crippen LogP contribution in [0.25, 0.3) is 5.76 Å².